The second kappa shape index (κ2) is 6.10. The molecule has 0 amide bonds. The van der Waals surface area contributed by atoms with Crippen LogP contribution in [-0.4, -0.2) is 11.6 Å². The number of carbonyl (C=O) groups is 2. The van der Waals surface area contributed by atoms with E-state index in [0.717, 1.165) is 16.7 Å². The molecule has 2 aromatic carbocycles. The zero-order valence-electron chi connectivity index (χ0n) is 12.5. The maximum Gasteiger partial charge on any atom is 0.167 e. The number of carbonyl (C=O) groups excluding carboxylic acids is 2. The van der Waals surface area contributed by atoms with Crippen LogP contribution >= 0.6 is 0 Å². The molecule has 1 aliphatic carbocycles. The molecule has 2 nitrogen and oxygen atoms in total. The lowest BCUT2D eigenvalue weighted by Gasteiger charge is -2.29. The first-order chi connectivity index (χ1) is 10.7. The van der Waals surface area contributed by atoms with E-state index >= 15 is 0 Å². The molecule has 22 heavy (non-hydrogen) atoms. The Bertz CT molecular complexity index is 714. The molecule has 0 radical (unpaired) electrons. The summed E-state index contributed by atoms with van der Waals surface area (Å²) in [5, 5.41) is 0. The molecule has 0 saturated carbocycles. The Kier molecular flexibility index (Phi) is 4.01. The van der Waals surface area contributed by atoms with Crippen LogP contribution in [0.25, 0.3) is 5.57 Å². The maximum absolute atomic E-state index is 12.5. The summed E-state index contributed by atoms with van der Waals surface area (Å²) in [7, 11) is 0. The van der Waals surface area contributed by atoms with Crippen molar-refractivity contribution in [3.8, 4) is 0 Å². The summed E-state index contributed by atoms with van der Waals surface area (Å²) in [6.07, 6.45) is 2.37. The number of hydrogen-bond acceptors (Lipinski definition) is 2. The molecule has 3 rings (SSSR count). The summed E-state index contributed by atoms with van der Waals surface area (Å²) in [6.45, 7) is 1.51. The van der Waals surface area contributed by atoms with E-state index < -0.39 is 5.92 Å². The Morgan fingerprint density at radius 3 is 2.14 bits per heavy atom. The van der Waals surface area contributed by atoms with Crippen LogP contribution < -0.4 is 0 Å². The van der Waals surface area contributed by atoms with Crippen LogP contribution in [0.2, 0.25) is 0 Å². The molecule has 110 valence electrons. The lowest BCUT2D eigenvalue weighted by molar-refractivity contribution is -0.130. The van der Waals surface area contributed by atoms with Crippen molar-refractivity contribution >= 4 is 17.1 Å². The van der Waals surface area contributed by atoms with Crippen LogP contribution in [0, 0.1) is 5.92 Å². The molecule has 2 aromatic rings. The Balaban J connectivity index is 2.03. The SMILES string of the molecule is CC(=O)C1C(=O)C=C(c2ccccc2)CC1c1ccccc1. The van der Waals surface area contributed by atoms with Gasteiger partial charge in [0, 0.05) is 5.92 Å². The van der Waals surface area contributed by atoms with Crippen molar-refractivity contribution in [2.75, 3.05) is 0 Å². The van der Waals surface area contributed by atoms with Crippen molar-refractivity contribution in [2.24, 2.45) is 5.92 Å². The summed E-state index contributed by atoms with van der Waals surface area (Å²) in [6, 6.07) is 19.8. The average Bonchev–Trinajstić information content (AvgIpc) is 2.55. The highest BCUT2D eigenvalue weighted by atomic mass is 16.1. The van der Waals surface area contributed by atoms with Crippen LogP contribution in [0.4, 0.5) is 0 Å². The number of hydrogen-bond donors (Lipinski definition) is 0. The van der Waals surface area contributed by atoms with E-state index in [-0.39, 0.29) is 17.5 Å². The normalized spacial score (nSPS) is 21.3. The highest BCUT2D eigenvalue weighted by Crippen LogP contribution is 2.39. The second-order valence-electron chi connectivity index (χ2n) is 5.75. The van der Waals surface area contributed by atoms with Crippen LogP contribution in [0.5, 0.6) is 0 Å². The number of Topliss-reactive ketones (excluding diaryl/α,β-unsaturated/α-hetero) is 1. The van der Waals surface area contributed by atoms with Gasteiger partial charge in [-0.15, -0.1) is 0 Å². The predicted octanol–water partition coefficient (Wildman–Crippen LogP) is 4.03. The van der Waals surface area contributed by atoms with Gasteiger partial charge in [-0.2, -0.15) is 0 Å². The monoisotopic (exact) mass is 290 g/mol. The van der Waals surface area contributed by atoms with E-state index in [4.69, 9.17) is 0 Å². The molecule has 0 aliphatic heterocycles. The van der Waals surface area contributed by atoms with Crippen molar-refractivity contribution in [1.82, 2.24) is 0 Å². The Morgan fingerprint density at radius 2 is 1.55 bits per heavy atom. The Hall–Kier alpha value is -2.48. The van der Waals surface area contributed by atoms with Gasteiger partial charge in [-0.25, -0.2) is 0 Å². The van der Waals surface area contributed by atoms with Gasteiger partial charge in [0.1, 0.15) is 5.78 Å². The summed E-state index contributed by atoms with van der Waals surface area (Å²) in [5.41, 5.74) is 3.12. The molecule has 0 saturated heterocycles. The number of rotatable bonds is 3. The van der Waals surface area contributed by atoms with Crippen molar-refractivity contribution in [3.63, 3.8) is 0 Å². The zero-order chi connectivity index (χ0) is 15.5. The fourth-order valence-electron chi connectivity index (χ4n) is 3.22. The van der Waals surface area contributed by atoms with Gasteiger partial charge in [0.2, 0.25) is 0 Å². The van der Waals surface area contributed by atoms with Crippen molar-refractivity contribution in [3.05, 3.63) is 77.9 Å². The van der Waals surface area contributed by atoms with E-state index in [1.165, 1.54) is 6.92 Å². The van der Waals surface area contributed by atoms with Crippen molar-refractivity contribution in [2.45, 2.75) is 19.3 Å². The molecule has 0 N–H and O–H groups in total. The first-order valence-corrected chi connectivity index (χ1v) is 7.52. The summed E-state index contributed by atoms with van der Waals surface area (Å²) in [4.78, 5) is 24.5. The van der Waals surface area contributed by atoms with E-state index in [1.54, 1.807) is 6.08 Å². The summed E-state index contributed by atoms with van der Waals surface area (Å²) < 4.78 is 0. The molecule has 0 heterocycles. The van der Waals surface area contributed by atoms with Crippen LogP contribution in [-0.2, 0) is 9.59 Å². The molecule has 2 unspecified atom stereocenters. The average molecular weight is 290 g/mol. The number of allylic oxidation sites excluding steroid dienone is 2. The molecule has 2 heteroatoms. The molecular weight excluding hydrogens is 272 g/mol. The minimum absolute atomic E-state index is 0.0535. The topological polar surface area (TPSA) is 34.1 Å². The van der Waals surface area contributed by atoms with Gasteiger partial charge in [0.25, 0.3) is 0 Å². The second-order valence-corrected chi connectivity index (χ2v) is 5.75. The highest BCUT2D eigenvalue weighted by molar-refractivity contribution is 6.12. The molecule has 2 atom stereocenters. The minimum Gasteiger partial charge on any atom is -0.299 e. The van der Waals surface area contributed by atoms with Gasteiger partial charge >= 0.3 is 0 Å². The van der Waals surface area contributed by atoms with Gasteiger partial charge in [0.05, 0.1) is 5.92 Å². The first-order valence-electron chi connectivity index (χ1n) is 7.52. The summed E-state index contributed by atoms with van der Waals surface area (Å²) in [5.74, 6) is -0.769. The largest absolute Gasteiger partial charge is 0.299 e. The van der Waals surface area contributed by atoms with Crippen molar-refractivity contribution in [1.29, 1.82) is 0 Å². The summed E-state index contributed by atoms with van der Waals surface area (Å²) >= 11 is 0. The lowest BCUT2D eigenvalue weighted by Crippen LogP contribution is -2.31. The molecule has 0 spiro atoms. The van der Waals surface area contributed by atoms with E-state index in [9.17, 15) is 9.59 Å². The van der Waals surface area contributed by atoms with Crippen LogP contribution in [0.3, 0.4) is 0 Å². The molecule has 0 fully saturated rings. The highest BCUT2D eigenvalue weighted by Gasteiger charge is 2.36. The van der Waals surface area contributed by atoms with Gasteiger partial charge in [-0.3, -0.25) is 9.59 Å². The standard InChI is InChI=1S/C20H18O2/c1-14(21)20-18(16-10-6-3-7-11-16)12-17(13-19(20)22)15-8-4-2-5-9-15/h2-11,13,18,20H,12H2,1H3. The maximum atomic E-state index is 12.5. The molecule has 1 aliphatic rings. The smallest absolute Gasteiger partial charge is 0.167 e. The fraction of sp³-hybridized carbons (Fsp3) is 0.200. The quantitative estimate of drug-likeness (QED) is 0.800. The van der Waals surface area contributed by atoms with Gasteiger partial charge in [-0.1, -0.05) is 60.7 Å². The minimum atomic E-state index is -0.560. The predicted molar refractivity (Wildman–Crippen MR) is 87.4 cm³/mol. The molecular formula is C20H18O2. The first kappa shape index (κ1) is 14.5. The van der Waals surface area contributed by atoms with Crippen LogP contribution in [0.1, 0.15) is 30.4 Å². The van der Waals surface area contributed by atoms with E-state index in [1.807, 2.05) is 60.7 Å². The van der Waals surface area contributed by atoms with Crippen molar-refractivity contribution < 1.29 is 9.59 Å². The van der Waals surface area contributed by atoms with Gasteiger partial charge in [0.15, 0.2) is 5.78 Å². The third-order valence-electron chi connectivity index (χ3n) is 4.28. The number of ketones is 2. The third-order valence-corrected chi connectivity index (χ3v) is 4.28. The van der Waals surface area contributed by atoms with E-state index in [2.05, 4.69) is 0 Å². The van der Waals surface area contributed by atoms with Crippen LogP contribution in [0.15, 0.2) is 66.7 Å². The Morgan fingerprint density at radius 1 is 0.955 bits per heavy atom. The molecule has 0 aromatic heterocycles. The number of benzene rings is 2. The lowest BCUT2D eigenvalue weighted by atomic mass is 9.72. The van der Waals surface area contributed by atoms with Gasteiger partial charge < -0.3 is 0 Å². The zero-order valence-corrected chi connectivity index (χ0v) is 12.5. The third kappa shape index (κ3) is 2.77. The van der Waals surface area contributed by atoms with E-state index in [0.29, 0.717) is 6.42 Å². The van der Waals surface area contributed by atoms with Gasteiger partial charge in [-0.05, 0) is 36.1 Å². The molecule has 0 bridgehead atoms. The fourth-order valence-corrected chi connectivity index (χ4v) is 3.22. The Labute approximate surface area is 130 Å².